The largest absolute Gasteiger partial charge is 0.483 e. The van der Waals surface area contributed by atoms with E-state index in [0.717, 1.165) is 6.54 Å². The molecular weight excluding hydrogens is 242 g/mol. The molecule has 2 N–H and O–H groups in total. The van der Waals surface area contributed by atoms with Gasteiger partial charge in [-0.2, -0.15) is 5.10 Å². The van der Waals surface area contributed by atoms with Gasteiger partial charge in [0, 0.05) is 13.1 Å². The maximum atomic E-state index is 9.68. The molecular formula is C14H17N3O2. The first-order chi connectivity index (χ1) is 9.31. The van der Waals surface area contributed by atoms with Crippen LogP contribution < -0.4 is 10.1 Å². The summed E-state index contributed by atoms with van der Waals surface area (Å²) >= 11 is 0. The highest BCUT2D eigenvalue weighted by atomic mass is 16.5. The Morgan fingerprint density at radius 2 is 2.16 bits per heavy atom. The molecule has 5 heteroatoms. The van der Waals surface area contributed by atoms with Crippen molar-refractivity contribution in [2.75, 3.05) is 13.1 Å². The maximum absolute atomic E-state index is 9.68. The Morgan fingerprint density at radius 1 is 1.32 bits per heavy atom. The zero-order valence-corrected chi connectivity index (χ0v) is 10.6. The molecule has 1 aliphatic heterocycles. The lowest BCUT2D eigenvalue weighted by Gasteiger charge is -2.14. The van der Waals surface area contributed by atoms with Gasteiger partial charge in [-0.1, -0.05) is 30.3 Å². The number of aliphatic hydroxyl groups excluding tert-OH is 1. The van der Waals surface area contributed by atoms with Crippen molar-refractivity contribution < 1.29 is 9.84 Å². The number of aliphatic hydroxyl groups is 1. The van der Waals surface area contributed by atoms with Crippen molar-refractivity contribution in [2.24, 2.45) is 0 Å². The second-order valence-corrected chi connectivity index (χ2v) is 4.74. The minimum atomic E-state index is -0.447. The number of benzene rings is 1. The summed E-state index contributed by atoms with van der Waals surface area (Å²) in [6.45, 7) is 1.98. The number of nitrogens with zero attached hydrogens (tertiary/aromatic N) is 2. The second kappa shape index (κ2) is 5.42. The van der Waals surface area contributed by atoms with E-state index in [1.165, 1.54) is 5.56 Å². The molecule has 0 saturated carbocycles. The molecule has 5 nitrogen and oxygen atoms in total. The predicted molar refractivity (Wildman–Crippen MR) is 71.1 cm³/mol. The molecule has 1 saturated heterocycles. The van der Waals surface area contributed by atoms with Gasteiger partial charge in [-0.3, -0.25) is 4.68 Å². The van der Waals surface area contributed by atoms with Crippen LogP contribution in [-0.4, -0.2) is 40.2 Å². The molecule has 19 heavy (non-hydrogen) atoms. The summed E-state index contributed by atoms with van der Waals surface area (Å²) in [5.74, 6) is 0.698. The average molecular weight is 259 g/mol. The summed E-state index contributed by atoms with van der Waals surface area (Å²) in [7, 11) is 0. The maximum Gasteiger partial charge on any atom is 0.157 e. The van der Waals surface area contributed by atoms with E-state index in [-0.39, 0.29) is 6.10 Å². The van der Waals surface area contributed by atoms with Crippen LogP contribution in [0.2, 0.25) is 0 Å². The smallest absolute Gasteiger partial charge is 0.157 e. The van der Waals surface area contributed by atoms with Gasteiger partial charge in [0.2, 0.25) is 0 Å². The molecule has 1 aliphatic rings. The quantitative estimate of drug-likeness (QED) is 0.846. The lowest BCUT2D eigenvalue weighted by molar-refractivity contribution is 0.0737. The Labute approximate surface area is 111 Å². The molecule has 0 bridgehead atoms. The molecule has 2 heterocycles. The molecule has 1 fully saturated rings. The number of rotatable bonds is 4. The number of nitrogens with one attached hydrogen (secondary N) is 1. The van der Waals surface area contributed by atoms with Gasteiger partial charge in [-0.05, 0) is 5.56 Å². The number of ether oxygens (including phenoxy) is 1. The molecule has 100 valence electrons. The highest BCUT2D eigenvalue weighted by molar-refractivity contribution is 5.17. The van der Waals surface area contributed by atoms with Crippen LogP contribution in [0.5, 0.6) is 5.75 Å². The van der Waals surface area contributed by atoms with E-state index in [9.17, 15) is 5.11 Å². The number of hydrogen-bond donors (Lipinski definition) is 2. The van der Waals surface area contributed by atoms with E-state index in [1.54, 1.807) is 6.20 Å². The van der Waals surface area contributed by atoms with E-state index >= 15 is 0 Å². The van der Waals surface area contributed by atoms with Crippen LogP contribution in [0.15, 0.2) is 42.7 Å². The Balaban J connectivity index is 1.63. The fourth-order valence-corrected chi connectivity index (χ4v) is 2.20. The van der Waals surface area contributed by atoms with E-state index in [1.807, 2.05) is 29.1 Å². The van der Waals surface area contributed by atoms with E-state index in [4.69, 9.17) is 4.74 Å². The number of β-amino-alcohol motifs (C(OH)–C–C–N with tert-alkyl or cyclic N) is 1. The van der Waals surface area contributed by atoms with Crippen LogP contribution in [0.4, 0.5) is 0 Å². The van der Waals surface area contributed by atoms with Crippen LogP contribution in [-0.2, 0) is 6.54 Å². The fourth-order valence-electron chi connectivity index (χ4n) is 2.20. The Bertz CT molecular complexity index is 526. The molecule has 2 unspecified atom stereocenters. The van der Waals surface area contributed by atoms with Crippen LogP contribution in [0, 0.1) is 0 Å². The predicted octanol–water partition coefficient (Wildman–Crippen LogP) is 0.643. The average Bonchev–Trinajstić information content (AvgIpc) is 3.02. The minimum Gasteiger partial charge on any atom is -0.483 e. The summed E-state index contributed by atoms with van der Waals surface area (Å²) in [5.41, 5.74) is 1.19. The summed E-state index contributed by atoms with van der Waals surface area (Å²) in [6.07, 6.45) is 2.92. The molecule has 0 aliphatic carbocycles. The van der Waals surface area contributed by atoms with Gasteiger partial charge in [-0.25, -0.2) is 0 Å². The Kier molecular flexibility index (Phi) is 3.48. The topological polar surface area (TPSA) is 59.3 Å². The van der Waals surface area contributed by atoms with Crippen LogP contribution in [0.1, 0.15) is 5.56 Å². The van der Waals surface area contributed by atoms with E-state index < -0.39 is 6.10 Å². The molecule has 3 rings (SSSR count). The highest BCUT2D eigenvalue weighted by Crippen LogP contribution is 2.15. The zero-order chi connectivity index (χ0) is 13.1. The number of aromatic nitrogens is 2. The van der Waals surface area contributed by atoms with Gasteiger partial charge in [0.1, 0.15) is 12.2 Å². The first-order valence-corrected chi connectivity index (χ1v) is 6.43. The van der Waals surface area contributed by atoms with Crippen molar-refractivity contribution >= 4 is 0 Å². The zero-order valence-electron chi connectivity index (χ0n) is 10.6. The number of hydrogen-bond acceptors (Lipinski definition) is 4. The highest BCUT2D eigenvalue weighted by Gasteiger charge is 2.26. The monoisotopic (exact) mass is 259 g/mol. The van der Waals surface area contributed by atoms with Gasteiger partial charge in [0.15, 0.2) is 5.75 Å². The molecule has 2 atom stereocenters. The Morgan fingerprint density at radius 3 is 2.89 bits per heavy atom. The molecule has 0 radical (unpaired) electrons. The summed E-state index contributed by atoms with van der Waals surface area (Å²) in [4.78, 5) is 0. The van der Waals surface area contributed by atoms with Gasteiger partial charge < -0.3 is 15.2 Å². The lowest BCUT2D eigenvalue weighted by atomic mass is 10.2. The van der Waals surface area contributed by atoms with E-state index in [2.05, 4.69) is 22.5 Å². The standard InChI is InChI=1S/C14H17N3O2/c18-13-7-15-8-14(13)19-12-6-16-17(10-12)9-11-4-2-1-3-5-11/h1-6,10,13-15,18H,7-9H2. The normalized spacial score (nSPS) is 22.6. The molecule has 0 spiro atoms. The third-order valence-electron chi connectivity index (χ3n) is 3.21. The van der Waals surface area contributed by atoms with Crippen molar-refractivity contribution in [3.8, 4) is 5.75 Å². The van der Waals surface area contributed by atoms with Crippen molar-refractivity contribution in [1.29, 1.82) is 0 Å². The van der Waals surface area contributed by atoms with Crippen molar-refractivity contribution in [1.82, 2.24) is 15.1 Å². The van der Waals surface area contributed by atoms with Gasteiger partial charge in [-0.15, -0.1) is 0 Å². The lowest BCUT2D eigenvalue weighted by Crippen LogP contribution is -2.29. The summed E-state index contributed by atoms with van der Waals surface area (Å²) in [6, 6.07) is 10.1. The first kappa shape index (κ1) is 12.2. The first-order valence-electron chi connectivity index (χ1n) is 6.43. The van der Waals surface area contributed by atoms with Gasteiger partial charge >= 0.3 is 0 Å². The SMILES string of the molecule is OC1CNCC1Oc1cnn(Cc2ccccc2)c1. The van der Waals surface area contributed by atoms with Gasteiger partial charge in [0.25, 0.3) is 0 Å². The second-order valence-electron chi connectivity index (χ2n) is 4.74. The van der Waals surface area contributed by atoms with Crippen molar-refractivity contribution in [2.45, 2.75) is 18.8 Å². The summed E-state index contributed by atoms with van der Waals surface area (Å²) < 4.78 is 7.54. The third-order valence-corrected chi connectivity index (χ3v) is 3.21. The Hall–Kier alpha value is -1.85. The summed E-state index contributed by atoms with van der Waals surface area (Å²) in [5, 5.41) is 17.0. The van der Waals surface area contributed by atoms with Crippen LogP contribution in [0.3, 0.4) is 0 Å². The fraction of sp³-hybridized carbons (Fsp3) is 0.357. The van der Waals surface area contributed by atoms with Crippen molar-refractivity contribution in [3.05, 3.63) is 48.3 Å². The minimum absolute atomic E-state index is 0.186. The van der Waals surface area contributed by atoms with Gasteiger partial charge in [0.05, 0.1) is 18.9 Å². The molecule has 1 aromatic heterocycles. The molecule has 0 amide bonds. The van der Waals surface area contributed by atoms with Crippen LogP contribution in [0.25, 0.3) is 0 Å². The van der Waals surface area contributed by atoms with E-state index in [0.29, 0.717) is 18.8 Å². The van der Waals surface area contributed by atoms with Crippen LogP contribution >= 0.6 is 0 Å². The van der Waals surface area contributed by atoms with Crippen molar-refractivity contribution in [3.63, 3.8) is 0 Å². The third kappa shape index (κ3) is 2.94. The molecule has 1 aromatic carbocycles. The molecule has 2 aromatic rings.